The molecular weight excluding hydrogens is 238 g/mol. The Bertz CT molecular complexity index is 462. The quantitative estimate of drug-likeness (QED) is 0.557. The fourth-order valence-electron chi connectivity index (χ4n) is 1.29. The topological polar surface area (TPSA) is 105 Å². The molecule has 0 saturated carbocycles. The van der Waals surface area contributed by atoms with Gasteiger partial charge in [-0.2, -0.15) is 0 Å². The van der Waals surface area contributed by atoms with Crippen LogP contribution < -0.4 is 10.6 Å². The second-order valence-electron chi connectivity index (χ2n) is 3.94. The highest BCUT2D eigenvalue weighted by atomic mass is 16.6. The summed E-state index contributed by atoms with van der Waals surface area (Å²) in [5.41, 5.74) is 0.991. The van der Waals surface area contributed by atoms with Crippen molar-refractivity contribution in [2.75, 3.05) is 11.9 Å². The van der Waals surface area contributed by atoms with E-state index in [1.807, 2.05) is 0 Å². The van der Waals surface area contributed by atoms with Crippen molar-refractivity contribution < 1.29 is 14.8 Å². The van der Waals surface area contributed by atoms with Crippen molar-refractivity contribution in [3.63, 3.8) is 0 Å². The summed E-state index contributed by atoms with van der Waals surface area (Å²) in [6, 6.07) is 3.32. The van der Waals surface area contributed by atoms with Crippen molar-refractivity contribution in [1.82, 2.24) is 5.32 Å². The van der Waals surface area contributed by atoms with E-state index >= 15 is 0 Å². The number of aliphatic hydroxyl groups is 1. The maximum absolute atomic E-state index is 11.5. The van der Waals surface area contributed by atoms with Crippen LogP contribution in [-0.4, -0.2) is 28.7 Å². The van der Waals surface area contributed by atoms with Crippen molar-refractivity contribution in [2.24, 2.45) is 0 Å². The van der Waals surface area contributed by atoms with Crippen molar-refractivity contribution in [1.29, 1.82) is 0 Å². The Balaban J connectivity index is 2.80. The van der Waals surface area contributed by atoms with Gasteiger partial charge >= 0.3 is 6.03 Å². The number of benzene rings is 1. The van der Waals surface area contributed by atoms with Crippen molar-refractivity contribution >= 4 is 17.4 Å². The Morgan fingerprint density at radius 1 is 1.56 bits per heavy atom. The van der Waals surface area contributed by atoms with Gasteiger partial charge in [0, 0.05) is 12.1 Å². The zero-order valence-electron chi connectivity index (χ0n) is 10.1. The molecule has 18 heavy (non-hydrogen) atoms. The molecule has 0 aliphatic rings. The molecule has 0 spiro atoms. The lowest BCUT2D eigenvalue weighted by Crippen LogP contribution is -2.38. The van der Waals surface area contributed by atoms with Gasteiger partial charge in [0.1, 0.15) is 0 Å². The summed E-state index contributed by atoms with van der Waals surface area (Å²) in [4.78, 5) is 21.6. The largest absolute Gasteiger partial charge is 0.394 e. The summed E-state index contributed by atoms with van der Waals surface area (Å²) in [5.74, 6) is 0. The number of carbonyl (C=O) groups is 1. The first-order chi connectivity index (χ1) is 8.43. The van der Waals surface area contributed by atoms with Gasteiger partial charge in [-0.25, -0.2) is 4.79 Å². The van der Waals surface area contributed by atoms with Crippen LogP contribution in [0.1, 0.15) is 12.5 Å². The van der Waals surface area contributed by atoms with E-state index in [9.17, 15) is 14.9 Å². The third-order valence-electron chi connectivity index (χ3n) is 2.33. The van der Waals surface area contributed by atoms with Gasteiger partial charge in [-0.15, -0.1) is 0 Å². The van der Waals surface area contributed by atoms with Crippen molar-refractivity contribution in [2.45, 2.75) is 19.9 Å². The van der Waals surface area contributed by atoms with Crippen LogP contribution in [0.4, 0.5) is 16.2 Å². The molecule has 0 unspecified atom stereocenters. The van der Waals surface area contributed by atoms with Gasteiger partial charge in [-0.05, 0) is 19.4 Å². The molecule has 0 fully saturated rings. The predicted octanol–water partition coefficient (Wildman–Crippen LogP) is 1.41. The van der Waals surface area contributed by atoms with Gasteiger partial charge in [-0.3, -0.25) is 10.1 Å². The highest BCUT2D eigenvalue weighted by Crippen LogP contribution is 2.21. The summed E-state index contributed by atoms with van der Waals surface area (Å²) in [6.07, 6.45) is 0. The number of non-ortho nitro benzene ring substituents is 1. The lowest BCUT2D eigenvalue weighted by atomic mass is 10.2. The number of urea groups is 1. The fraction of sp³-hybridized carbons (Fsp3) is 0.364. The van der Waals surface area contributed by atoms with E-state index in [2.05, 4.69) is 10.6 Å². The number of nitro benzene ring substituents is 1. The molecule has 0 aliphatic heterocycles. The summed E-state index contributed by atoms with van der Waals surface area (Å²) in [7, 11) is 0. The van der Waals surface area contributed by atoms with Crippen molar-refractivity contribution in [3.8, 4) is 0 Å². The first-order valence-electron chi connectivity index (χ1n) is 5.37. The van der Waals surface area contributed by atoms with Crippen LogP contribution in [0.3, 0.4) is 0 Å². The minimum Gasteiger partial charge on any atom is -0.394 e. The number of nitro groups is 1. The van der Waals surface area contributed by atoms with Gasteiger partial charge in [-0.1, -0.05) is 6.07 Å². The Labute approximate surface area is 104 Å². The van der Waals surface area contributed by atoms with E-state index in [-0.39, 0.29) is 18.3 Å². The van der Waals surface area contributed by atoms with Crippen LogP contribution in [0.15, 0.2) is 18.2 Å². The first-order valence-corrected chi connectivity index (χ1v) is 5.37. The maximum Gasteiger partial charge on any atom is 0.319 e. The zero-order valence-corrected chi connectivity index (χ0v) is 10.1. The molecule has 0 aliphatic carbocycles. The second-order valence-corrected chi connectivity index (χ2v) is 3.94. The predicted molar refractivity (Wildman–Crippen MR) is 66.5 cm³/mol. The van der Waals surface area contributed by atoms with E-state index in [4.69, 9.17) is 5.11 Å². The molecule has 1 aromatic carbocycles. The number of anilines is 1. The minimum absolute atomic E-state index is 0.0916. The highest BCUT2D eigenvalue weighted by Gasteiger charge is 2.12. The summed E-state index contributed by atoms with van der Waals surface area (Å²) >= 11 is 0. The Kier molecular flexibility index (Phi) is 4.61. The first kappa shape index (κ1) is 13.9. The molecule has 1 aromatic rings. The summed E-state index contributed by atoms with van der Waals surface area (Å²) < 4.78 is 0. The van der Waals surface area contributed by atoms with Gasteiger partial charge in [0.2, 0.25) is 0 Å². The van der Waals surface area contributed by atoms with Gasteiger partial charge < -0.3 is 15.7 Å². The molecule has 0 saturated heterocycles. The fourth-order valence-corrected chi connectivity index (χ4v) is 1.29. The number of rotatable bonds is 4. The Hall–Kier alpha value is -2.15. The van der Waals surface area contributed by atoms with Gasteiger partial charge in [0.15, 0.2) is 0 Å². The van der Waals surface area contributed by atoms with Gasteiger partial charge in [0.25, 0.3) is 5.69 Å². The molecule has 1 atom stereocenters. The Morgan fingerprint density at radius 2 is 2.22 bits per heavy atom. The molecule has 0 heterocycles. The van der Waals surface area contributed by atoms with Crippen LogP contribution >= 0.6 is 0 Å². The molecule has 1 rings (SSSR count). The third-order valence-corrected chi connectivity index (χ3v) is 2.33. The third kappa shape index (κ3) is 3.70. The summed E-state index contributed by atoms with van der Waals surface area (Å²) in [5, 5.41) is 24.4. The highest BCUT2D eigenvalue weighted by molar-refractivity contribution is 5.90. The van der Waals surface area contributed by atoms with Crippen molar-refractivity contribution in [3.05, 3.63) is 33.9 Å². The molecule has 0 aromatic heterocycles. The molecule has 98 valence electrons. The monoisotopic (exact) mass is 253 g/mol. The number of aliphatic hydroxyl groups excluding tert-OH is 1. The lowest BCUT2D eigenvalue weighted by Gasteiger charge is -2.13. The SMILES string of the molecule is Cc1ccc([N+](=O)[O-])cc1NC(=O)N[C@H](C)CO. The van der Waals surface area contributed by atoms with E-state index in [1.165, 1.54) is 12.1 Å². The molecule has 3 N–H and O–H groups in total. The standard InChI is InChI=1S/C11H15N3O4/c1-7-3-4-9(14(17)18)5-10(7)13-11(16)12-8(2)6-15/h3-5,8,15H,6H2,1-2H3,(H2,12,13,16)/t8-/m1/s1. The molecular formula is C11H15N3O4. The number of carbonyl (C=O) groups excluding carboxylic acids is 1. The number of nitrogens with zero attached hydrogens (tertiary/aromatic N) is 1. The number of aryl methyl sites for hydroxylation is 1. The molecule has 7 nitrogen and oxygen atoms in total. The normalized spacial score (nSPS) is 11.7. The van der Waals surface area contributed by atoms with Crippen LogP contribution in [0.2, 0.25) is 0 Å². The summed E-state index contributed by atoms with van der Waals surface area (Å²) in [6.45, 7) is 3.19. The van der Waals surface area contributed by atoms with E-state index in [0.717, 1.165) is 0 Å². The molecule has 0 radical (unpaired) electrons. The number of hydrogen-bond donors (Lipinski definition) is 3. The van der Waals surface area contributed by atoms with Gasteiger partial charge in [0.05, 0.1) is 23.3 Å². The maximum atomic E-state index is 11.5. The minimum atomic E-state index is -0.529. The molecule has 7 heteroatoms. The van der Waals surface area contributed by atoms with E-state index < -0.39 is 11.0 Å². The number of amides is 2. The van der Waals surface area contributed by atoms with Crippen LogP contribution in [-0.2, 0) is 0 Å². The second kappa shape index (κ2) is 5.97. The van der Waals surface area contributed by atoms with Crippen LogP contribution in [0.25, 0.3) is 0 Å². The lowest BCUT2D eigenvalue weighted by molar-refractivity contribution is -0.384. The van der Waals surface area contributed by atoms with Crippen LogP contribution in [0.5, 0.6) is 0 Å². The average molecular weight is 253 g/mol. The van der Waals surface area contributed by atoms with Crippen LogP contribution in [0, 0.1) is 17.0 Å². The Morgan fingerprint density at radius 3 is 2.78 bits per heavy atom. The molecule has 0 bridgehead atoms. The molecule has 2 amide bonds. The van der Waals surface area contributed by atoms with E-state index in [0.29, 0.717) is 11.3 Å². The zero-order chi connectivity index (χ0) is 13.7. The number of nitrogens with one attached hydrogen (secondary N) is 2. The smallest absolute Gasteiger partial charge is 0.319 e. The van der Waals surface area contributed by atoms with E-state index in [1.54, 1.807) is 19.9 Å². The number of hydrogen-bond acceptors (Lipinski definition) is 4. The average Bonchev–Trinajstić information content (AvgIpc) is 2.31.